The van der Waals surface area contributed by atoms with Gasteiger partial charge in [0.05, 0.1) is 11.0 Å². The lowest BCUT2D eigenvalue weighted by Gasteiger charge is -1.92. The average molecular weight is 169 g/mol. The number of rotatable bonds is 1. The molecule has 0 atom stereocenters. The summed E-state index contributed by atoms with van der Waals surface area (Å²) in [6, 6.07) is 0.731. The van der Waals surface area contributed by atoms with Crippen molar-refractivity contribution in [3.05, 3.63) is 28.2 Å². The van der Waals surface area contributed by atoms with Crippen molar-refractivity contribution in [2.45, 2.75) is 0 Å². The highest BCUT2D eigenvalue weighted by atomic mass is 19.1. The van der Waals surface area contributed by atoms with Gasteiger partial charge in [-0.2, -0.15) is 4.39 Å². The van der Waals surface area contributed by atoms with E-state index in [4.69, 9.17) is 13.1 Å². The summed E-state index contributed by atoms with van der Waals surface area (Å²) < 4.78 is 12.9. The van der Waals surface area contributed by atoms with E-state index in [0.29, 0.717) is 6.20 Å². The summed E-state index contributed by atoms with van der Waals surface area (Å²) in [6.07, 6.45) is 0.521. The number of aromatic nitrogens is 1. The zero-order valence-corrected chi connectivity index (χ0v) is 5.77. The summed E-state index contributed by atoms with van der Waals surface area (Å²) in [5.41, 5.74) is -1.07. The van der Waals surface area contributed by atoms with Gasteiger partial charge in [0.15, 0.2) is 5.59 Å². The molecule has 5 nitrogen and oxygen atoms in total. The number of nitro groups is 1. The molecule has 12 heavy (non-hydrogen) atoms. The highest BCUT2D eigenvalue weighted by Gasteiger charge is 2.21. The molecule has 1 heterocycles. The van der Waals surface area contributed by atoms with E-state index in [2.05, 4.69) is 0 Å². The monoisotopic (exact) mass is 169 g/mol. The first kappa shape index (κ1) is 8.44. The van der Waals surface area contributed by atoms with Gasteiger partial charge in [-0.25, -0.2) is 0 Å². The summed E-state index contributed by atoms with van der Waals surface area (Å²) in [5.74, 6) is -1.14. The molecular formula is C5H3BFN2O3+. The summed E-state index contributed by atoms with van der Waals surface area (Å²) in [4.78, 5) is 9.18. The Morgan fingerprint density at radius 2 is 2.33 bits per heavy atom. The Morgan fingerprint density at radius 3 is 2.83 bits per heavy atom. The second-order valence-electron chi connectivity index (χ2n) is 2.03. The van der Waals surface area contributed by atoms with Crippen molar-refractivity contribution in [3.63, 3.8) is 0 Å². The van der Waals surface area contributed by atoms with E-state index in [9.17, 15) is 14.5 Å². The standard InChI is InChI=1S/C5H3BFN2O3/c6-5-1-4(9(11)12)3(7)2-8(5)10/h1-2,10H/q+1. The van der Waals surface area contributed by atoms with E-state index in [0.717, 1.165) is 6.07 Å². The molecule has 0 bridgehead atoms. The van der Waals surface area contributed by atoms with Crippen LogP contribution in [0, 0.1) is 15.9 Å². The van der Waals surface area contributed by atoms with E-state index in [1.54, 1.807) is 0 Å². The minimum Gasteiger partial charge on any atom is -0.286 e. The molecule has 0 aromatic carbocycles. The number of pyridine rings is 1. The van der Waals surface area contributed by atoms with Crippen LogP contribution in [0.2, 0.25) is 0 Å². The minimum absolute atomic E-state index is 0.266. The number of nitrogens with zero attached hydrogens (tertiary/aromatic N) is 2. The minimum atomic E-state index is -1.14. The van der Waals surface area contributed by atoms with Crippen molar-refractivity contribution in [3.8, 4) is 0 Å². The number of hydrogen-bond donors (Lipinski definition) is 1. The molecule has 0 saturated heterocycles. The maximum atomic E-state index is 12.6. The molecule has 1 aromatic heterocycles. The highest BCUT2D eigenvalue weighted by Crippen LogP contribution is 2.11. The van der Waals surface area contributed by atoms with Crippen LogP contribution in [0.1, 0.15) is 0 Å². The van der Waals surface area contributed by atoms with E-state index < -0.39 is 16.4 Å². The average Bonchev–Trinajstić information content (AvgIpc) is 1.96. The topological polar surface area (TPSA) is 67.2 Å². The van der Waals surface area contributed by atoms with Gasteiger partial charge in [-0.3, -0.25) is 15.3 Å². The lowest BCUT2D eigenvalue weighted by Crippen LogP contribution is -2.47. The van der Waals surface area contributed by atoms with Crippen molar-refractivity contribution in [1.82, 2.24) is 0 Å². The summed E-state index contributed by atoms with van der Waals surface area (Å²) in [7, 11) is 5.07. The molecule has 0 amide bonds. The molecule has 0 saturated carbocycles. The van der Waals surface area contributed by atoms with Crippen LogP contribution < -0.4 is 10.3 Å². The van der Waals surface area contributed by atoms with Crippen LogP contribution in [0.4, 0.5) is 10.1 Å². The van der Waals surface area contributed by atoms with Gasteiger partial charge < -0.3 is 0 Å². The van der Waals surface area contributed by atoms with Gasteiger partial charge in [-0.05, 0) is 4.73 Å². The molecule has 0 aliphatic heterocycles. The molecule has 1 aromatic rings. The van der Waals surface area contributed by atoms with Crippen LogP contribution in [0.15, 0.2) is 12.3 Å². The van der Waals surface area contributed by atoms with E-state index in [1.165, 1.54) is 0 Å². The normalized spacial score (nSPS) is 9.75. The van der Waals surface area contributed by atoms with Gasteiger partial charge in [-0.15, -0.1) is 0 Å². The van der Waals surface area contributed by atoms with Crippen LogP contribution >= 0.6 is 0 Å². The fourth-order valence-corrected chi connectivity index (χ4v) is 0.663. The third-order valence-corrected chi connectivity index (χ3v) is 1.23. The smallest absolute Gasteiger partial charge is 0.286 e. The first-order chi connectivity index (χ1) is 5.52. The van der Waals surface area contributed by atoms with Crippen molar-refractivity contribution < 1.29 is 19.3 Å². The molecule has 1 N–H and O–H groups in total. The fourth-order valence-electron chi connectivity index (χ4n) is 0.663. The third kappa shape index (κ3) is 1.34. The highest BCUT2D eigenvalue weighted by molar-refractivity contribution is 6.29. The lowest BCUT2D eigenvalue weighted by atomic mass is 10.0. The number of halogens is 1. The largest absolute Gasteiger partial charge is 0.316 e. The molecular weight excluding hydrogens is 166 g/mol. The summed E-state index contributed by atoms with van der Waals surface area (Å²) >= 11 is 0. The summed E-state index contributed by atoms with van der Waals surface area (Å²) in [6.45, 7) is 0. The molecule has 1 rings (SSSR count). The van der Waals surface area contributed by atoms with Gasteiger partial charge >= 0.3 is 5.69 Å². The van der Waals surface area contributed by atoms with Crippen LogP contribution in [-0.2, 0) is 0 Å². The molecule has 0 aliphatic carbocycles. The number of hydrogen-bond acceptors (Lipinski definition) is 3. The second kappa shape index (κ2) is 2.76. The van der Waals surface area contributed by atoms with Gasteiger partial charge in [0.2, 0.25) is 7.85 Å². The van der Waals surface area contributed by atoms with Gasteiger partial charge in [0.25, 0.3) is 12.0 Å². The van der Waals surface area contributed by atoms with Crippen LogP contribution in [0.25, 0.3) is 0 Å². The predicted molar refractivity (Wildman–Crippen MR) is 35.8 cm³/mol. The first-order valence-corrected chi connectivity index (χ1v) is 2.86. The summed E-state index contributed by atoms with van der Waals surface area (Å²) in [5, 5.41) is 18.8. The van der Waals surface area contributed by atoms with Crippen LogP contribution in [-0.4, -0.2) is 18.0 Å². The Balaban J connectivity index is 3.33. The maximum absolute atomic E-state index is 12.6. The Bertz CT molecular complexity index is 344. The third-order valence-electron chi connectivity index (χ3n) is 1.23. The van der Waals surface area contributed by atoms with Gasteiger partial charge in [0.1, 0.15) is 0 Å². The Kier molecular flexibility index (Phi) is 1.94. The van der Waals surface area contributed by atoms with Crippen molar-refractivity contribution in [2.24, 2.45) is 0 Å². The Labute approximate surface area is 67.6 Å². The zero-order chi connectivity index (χ0) is 9.30. The van der Waals surface area contributed by atoms with Crippen molar-refractivity contribution in [2.75, 3.05) is 0 Å². The van der Waals surface area contributed by atoms with Crippen LogP contribution in [0.3, 0.4) is 0 Å². The fraction of sp³-hybridized carbons (Fsp3) is 0. The molecule has 60 valence electrons. The molecule has 2 radical (unpaired) electrons. The van der Waals surface area contributed by atoms with E-state index >= 15 is 0 Å². The maximum Gasteiger partial charge on any atom is 0.316 e. The van der Waals surface area contributed by atoms with Crippen molar-refractivity contribution >= 4 is 19.1 Å². The molecule has 0 aliphatic rings. The van der Waals surface area contributed by atoms with E-state index in [1.807, 2.05) is 0 Å². The Morgan fingerprint density at radius 1 is 1.75 bits per heavy atom. The second-order valence-corrected chi connectivity index (χ2v) is 2.03. The quantitative estimate of drug-likeness (QED) is 0.194. The SMILES string of the molecule is [B]c1cc([N+](=O)[O-])c(F)c[n+]1O. The zero-order valence-electron chi connectivity index (χ0n) is 5.77. The lowest BCUT2D eigenvalue weighted by molar-refractivity contribution is -0.892. The molecule has 0 unspecified atom stereocenters. The van der Waals surface area contributed by atoms with Gasteiger partial charge in [-0.1, -0.05) is 0 Å². The molecule has 0 spiro atoms. The van der Waals surface area contributed by atoms with Gasteiger partial charge in [0, 0.05) is 0 Å². The van der Waals surface area contributed by atoms with E-state index in [-0.39, 0.29) is 10.3 Å². The molecule has 0 fully saturated rings. The van der Waals surface area contributed by atoms with Crippen LogP contribution in [0.5, 0.6) is 0 Å². The predicted octanol–water partition coefficient (Wildman–Crippen LogP) is -0.948. The van der Waals surface area contributed by atoms with Crippen molar-refractivity contribution in [1.29, 1.82) is 0 Å². The Hall–Kier alpha value is -1.66. The molecule has 7 heteroatoms. The first-order valence-electron chi connectivity index (χ1n) is 2.86.